The zero-order valence-corrected chi connectivity index (χ0v) is 19.3. The van der Waals surface area contributed by atoms with Crippen LogP contribution in [0.1, 0.15) is 15.9 Å². The van der Waals surface area contributed by atoms with Crippen molar-refractivity contribution in [1.29, 1.82) is 0 Å². The first-order valence-electron chi connectivity index (χ1n) is 11.1. The summed E-state index contributed by atoms with van der Waals surface area (Å²) in [5, 5.41) is 5.50. The van der Waals surface area contributed by atoms with Crippen molar-refractivity contribution < 1.29 is 23.8 Å². The fraction of sp³-hybridized carbons (Fsp3) is 0.292. The lowest BCUT2D eigenvalue weighted by molar-refractivity contribution is -0.116. The smallest absolute Gasteiger partial charge is 0.259 e. The molecule has 0 fully saturated rings. The summed E-state index contributed by atoms with van der Waals surface area (Å²) in [7, 11) is 1.54. The minimum Gasteiger partial charge on any atom is -0.491 e. The molecule has 1 aromatic carbocycles. The van der Waals surface area contributed by atoms with Crippen LogP contribution in [0.5, 0.6) is 11.5 Å². The van der Waals surface area contributed by atoms with E-state index in [9.17, 15) is 9.59 Å². The van der Waals surface area contributed by atoms with Gasteiger partial charge in [-0.25, -0.2) is 4.99 Å². The van der Waals surface area contributed by atoms with E-state index in [0.29, 0.717) is 67.4 Å². The highest BCUT2D eigenvalue weighted by atomic mass is 16.5. The van der Waals surface area contributed by atoms with Gasteiger partial charge in [-0.05, 0) is 30.3 Å². The Morgan fingerprint density at radius 2 is 2.11 bits per heavy atom. The lowest BCUT2D eigenvalue weighted by Crippen LogP contribution is -2.47. The lowest BCUT2D eigenvalue weighted by atomic mass is 10.1. The molecule has 182 valence electrons. The second-order valence-corrected chi connectivity index (χ2v) is 7.44. The molecule has 2 N–H and O–H groups in total. The number of hydrogen-bond acceptors (Lipinski definition) is 9. The highest BCUT2D eigenvalue weighted by Crippen LogP contribution is 2.43. The first kappa shape index (κ1) is 23.9. The number of nitrogens with zero attached hydrogens (tertiary/aromatic N) is 4. The topological polar surface area (TPSA) is 127 Å². The van der Waals surface area contributed by atoms with Crippen LogP contribution in [0.25, 0.3) is 0 Å². The maximum atomic E-state index is 12.7. The van der Waals surface area contributed by atoms with E-state index in [1.54, 1.807) is 24.4 Å². The zero-order valence-electron chi connectivity index (χ0n) is 19.3. The second kappa shape index (κ2) is 11.3. The van der Waals surface area contributed by atoms with Gasteiger partial charge in [0.05, 0.1) is 32.4 Å². The van der Waals surface area contributed by atoms with E-state index >= 15 is 0 Å². The molecule has 0 unspecified atom stereocenters. The molecule has 2 aromatic rings. The summed E-state index contributed by atoms with van der Waals surface area (Å²) >= 11 is 0. The third-order valence-corrected chi connectivity index (χ3v) is 5.22. The molecule has 4 rings (SSSR count). The fourth-order valence-corrected chi connectivity index (χ4v) is 3.60. The molecule has 3 heterocycles. The Balaban J connectivity index is 1.47. The fourth-order valence-electron chi connectivity index (χ4n) is 3.60. The molecule has 11 heteroatoms. The van der Waals surface area contributed by atoms with Crippen LogP contribution in [0.4, 0.5) is 5.69 Å². The van der Waals surface area contributed by atoms with Gasteiger partial charge in [0.25, 0.3) is 5.91 Å². The number of benzene rings is 1. The largest absolute Gasteiger partial charge is 0.491 e. The molecule has 0 spiro atoms. The summed E-state index contributed by atoms with van der Waals surface area (Å²) in [4.78, 5) is 39.0. The third kappa shape index (κ3) is 5.46. The SMILES string of the molecule is C=CC(=O)NCCOCCOc1ccc2c(c1OC)N=C(NC(=O)c1cccnc1)N1CCN=C21. The van der Waals surface area contributed by atoms with E-state index in [4.69, 9.17) is 19.2 Å². The molecule has 2 amide bonds. The van der Waals surface area contributed by atoms with Crippen LogP contribution in [-0.2, 0) is 9.53 Å². The van der Waals surface area contributed by atoms with Gasteiger partial charge >= 0.3 is 0 Å². The number of carbonyl (C=O) groups excluding carboxylic acids is 2. The Hall–Kier alpha value is -4.25. The number of fused-ring (bicyclic) bond motifs is 3. The van der Waals surface area contributed by atoms with Crippen molar-refractivity contribution >= 4 is 29.3 Å². The number of amidine groups is 1. The van der Waals surface area contributed by atoms with Crippen molar-refractivity contribution in [2.24, 2.45) is 9.98 Å². The molecule has 0 radical (unpaired) electrons. The van der Waals surface area contributed by atoms with Crippen molar-refractivity contribution in [1.82, 2.24) is 20.5 Å². The van der Waals surface area contributed by atoms with Crippen LogP contribution >= 0.6 is 0 Å². The van der Waals surface area contributed by atoms with E-state index in [-0.39, 0.29) is 18.4 Å². The van der Waals surface area contributed by atoms with Crippen molar-refractivity contribution in [3.63, 3.8) is 0 Å². The molecule has 0 saturated heterocycles. The van der Waals surface area contributed by atoms with E-state index in [1.807, 2.05) is 11.0 Å². The third-order valence-electron chi connectivity index (χ3n) is 5.22. The number of guanidine groups is 1. The Labute approximate surface area is 202 Å². The summed E-state index contributed by atoms with van der Waals surface area (Å²) in [6.07, 6.45) is 4.31. The predicted molar refractivity (Wildman–Crippen MR) is 129 cm³/mol. The minimum absolute atomic E-state index is 0.245. The van der Waals surface area contributed by atoms with Crippen LogP contribution in [0.15, 0.2) is 59.3 Å². The number of aliphatic imine (C=N–C) groups is 2. The quantitative estimate of drug-likeness (QED) is 0.389. The van der Waals surface area contributed by atoms with E-state index in [0.717, 1.165) is 5.56 Å². The van der Waals surface area contributed by atoms with Gasteiger partial charge < -0.3 is 19.5 Å². The van der Waals surface area contributed by atoms with Crippen LogP contribution in [0, 0.1) is 0 Å². The molecule has 1 aromatic heterocycles. The molecule has 2 aliphatic rings. The molecule has 2 aliphatic heterocycles. The first-order valence-corrected chi connectivity index (χ1v) is 11.1. The molecule has 0 atom stereocenters. The number of hydrogen-bond donors (Lipinski definition) is 2. The zero-order chi connectivity index (χ0) is 24.6. The summed E-state index contributed by atoms with van der Waals surface area (Å²) in [5.41, 5.74) is 1.74. The molecule has 0 saturated carbocycles. The van der Waals surface area contributed by atoms with Gasteiger partial charge in [0.15, 0.2) is 11.5 Å². The molecular formula is C24H26N6O5. The summed E-state index contributed by atoms with van der Waals surface area (Å²) < 4.78 is 17.0. The van der Waals surface area contributed by atoms with Crippen LogP contribution in [0.2, 0.25) is 0 Å². The van der Waals surface area contributed by atoms with Gasteiger partial charge in [-0.3, -0.25) is 29.8 Å². The Bertz CT molecular complexity index is 1160. The Kier molecular flexibility index (Phi) is 7.68. The maximum Gasteiger partial charge on any atom is 0.259 e. The summed E-state index contributed by atoms with van der Waals surface area (Å²) in [5.74, 6) is 1.44. The predicted octanol–water partition coefficient (Wildman–Crippen LogP) is 1.28. The average Bonchev–Trinajstić information content (AvgIpc) is 3.39. The highest BCUT2D eigenvalue weighted by molar-refractivity contribution is 6.20. The molecule has 0 aliphatic carbocycles. The van der Waals surface area contributed by atoms with Crippen molar-refractivity contribution in [3.8, 4) is 11.5 Å². The molecule has 0 bridgehead atoms. The molecular weight excluding hydrogens is 452 g/mol. The molecule has 11 nitrogen and oxygen atoms in total. The van der Waals surface area contributed by atoms with Gasteiger partial charge in [-0.2, -0.15) is 0 Å². The minimum atomic E-state index is -0.320. The van der Waals surface area contributed by atoms with Crippen LogP contribution < -0.4 is 20.1 Å². The summed E-state index contributed by atoms with van der Waals surface area (Å²) in [6, 6.07) is 7.05. The monoisotopic (exact) mass is 478 g/mol. The number of aromatic nitrogens is 1. The Morgan fingerprint density at radius 3 is 2.89 bits per heavy atom. The second-order valence-electron chi connectivity index (χ2n) is 7.44. The number of nitrogens with one attached hydrogen (secondary N) is 2. The molecule has 35 heavy (non-hydrogen) atoms. The summed E-state index contributed by atoms with van der Waals surface area (Å²) in [6.45, 7) is 5.90. The number of pyridine rings is 1. The number of methoxy groups -OCH3 is 1. The number of carbonyl (C=O) groups is 2. The van der Waals surface area contributed by atoms with Crippen LogP contribution in [-0.4, -0.2) is 80.1 Å². The average molecular weight is 479 g/mol. The standard InChI is InChI=1S/C24H26N6O5/c1-3-19(31)26-10-12-34-13-14-35-18-7-6-17-20(21(18)33-2)28-24(30-11-9-27-22(17)30)29-23(32)16-5-4-8-25-15-16/h3-8,15H,1,9-14H2,2H3,(H,26,31)(H,28,29,32). The number of rotatable bonds is 10. The normalized spacial score (nSPS) is 13.7. The van der Waals surface area contributed by atoms with E-state index < -0.39 is 0 Å². The van der Waals surface area contributed by atoms with Gasteiger partial charge in [-0.1, -0.05) is 6.58 Å². The lowest BCUT2D eigenvalue weighted by Gasteiger charge is -2.28. The maximum absolute atomic E-state index is 12.7. The first-order chi connectivity index (χ1) is 17.1. The number of amides is 2. The van der Waals surface area contributed by atoms with Gasteiger partial charge in [0.1, 0.15) is 18.1 Å². The van der Waals surface area contributed by atoms with Gasteiger partial charge in [-0.15, -0.1) is 0 Å². The van der Waals surface area contributed by atoms with Gasteiger partial charge in [0.2, 0.25) is 11.9 Å². The van der Waals surface area contributed by atoms with Crippen molar-refractivity contribution in [3.05, 3.63) is 60.4 Å². The van der Waals surface area contributed by atoms with Crippen LogP contribution in [0.3, 0.4) is 0 Å². The highest BCUT2D eigenvalue weighted by Gasteiger charge is 2.33. The Morgan fingerprint density at radius 1 is 1.23 bits per heavy atom. The van der Waals surface area contributed by atoms with E-state index in [1.165, 1.54) is 19.4 Å². The van der Waals surface area contributed by atoms with Crippen molar-refractivity contribution in [2.45, 2.75) is 0 Å². The van der Waals surface area contributed by atoms with Gasteiger partial charge in [0, 0.05) is 31.0 Å². The van der Waals surface area contributed by atoms with Crippen molar-refractivity contribution in [2.75, 3.05) is 46.6 Å². The van der Waals surface area contributed by atoms with E-state index in [2.05, 4.69) is 27.2 Å². The number of ether oxygens (including phenoxy) is 3.